The number of thioether (sulfide) groups is 1. The summed E-state index contributed by atoms with van der Waals surface area (Å²) in [5.41, 5.74) is 2.22. The van der Waals surface area contributed by atoms with Crippen LogP contribution < -0.4 is 5.32 Å². The summed E-state index contributed by atoms with van der Waals surface area (Å²) in [7, 11) is 0. The highest BCUT2D eigenvalue weighted by atomic mass is 32.2. The minimum Gasteiger partial charge on any atom is -0.355 e. The molecule has 0 aliphatic rings. The third kappa shape index (κ3) is 5.06. The van der Waals surface area contributed by atoms with Gasteiger partial charge >= 0.3 is 0 Å². The summed E-state index contributed by atoms with van der Waals surface area (Å²) in [5.74, 6) is 0.00585. The van der Waals surface area contributed by atoms with Crippen LogP contribution >= 0.6 is 11.8 Å². The lowest BCUT2D eigenvalue weighted by Crippen LogP contribution is -2.31. The Morgan fingerprint density at radius 3 is 2.67 bits per heavy atom. The second-order valence-corrected chi connectivity index (χ2v) is 7.00. The van der Waals surface area contributed by atoms with Crippen molar-refractivity contribution in [3.63, 3.8) is 0 Å². The molecule has 0 radical (unpaired) electrons. The Kier molecular flexibility index (Phi) is 7.24. The normalized spacial score (nSPS) is 12.1. The van der Waals surface area contributed by atoms with E-state index in [4.69, 9.17) is 0 Å². The number of nitrogens with one attached hydrogen (secondary N) is 1. The first-order valence-electron chi connectivity index (χ1n) is 8.47. The molecule has 1 unspecified atom stereocenters. The first-order chi connectivity index (χ1) is 11.7. The molecule has 2 rings (SSSR count). The summed E-state index contributed by atoms with van der Waals surface area (Å²) < 4.78 is 1.68. The van der Waals surface area contributed by atoms with Crippen LogP contribution in [-0.4, -0.2) is 37.9 Å². The fourth-order valence-corrected chi connectivity index (χ4v) is 3.03. The molecule has 0 aliphatic heterocycles. The molecule has 1 aromatic heterocycles. The number of rotatable bonds is 9. The lowest BCUT2D eigenvalue weighted by molar-refractivity contribution is -0.120. The molecule has 1 aromatic carbocycles. The number of hydrogen-bond acceptors (Lipinski definition) is 5. The van der Waals surface area contributed by atoms with Crippen LogP contribution in [0.3, 0.4) is 0 Å². The molecule has 0 saturated heterocycles. The third-order valence-electron chi connectivity index (χ3n) is 3.64. The zero-order chi connectivity index (χ0) is 17.4. The number of benzene rings is 1. The molecule has 1 heterocycles. The first kappa shape index (κ1) is 18.4. The van der Waals surface area contributed by atoms with E-state index in [0.29, 0.717) is 11.7 Å². The highest BCUT2D eigenvalue weighted by molar-refractivity contribution is 8.00. The fraction of sp³-hybridized carbons (Fsp3) is 0.529. The number of carbonyl (C=O) groups is 1. The molecule has 0 spiro atoms. The van der Waals surface area contributed by atoms with Crippen molar-refractivity contribution in [2.75, 3.05) is 6.54 Å². The highest BCUT2D eigenvalue weighted by Crippen LogP contribution is 2.23. The number of aromatic nitrogens is 4. The van der Waals surface area contributed by atoms with Crippen LogP contribution in [0, 0.1) is 0 Å². The van der Waals surface area contributed by atoms with E-state index in [1.54, 1.807) is 4.68 Å². The van der Waals surface area contributed by atoms with Gasteiger partial charge in [0.2, 0.25) is 11.1 Å². The molecule has 130 valence electrons. The molecule has 0 saturated carbocycles. The number of hydrogen-bond donors (Lipinski definition) is 1. The maximum absolute atomic E-state index is 12.0. The smallest absolute Gasteiger partial charge is 0.233 e. The van der Waals surface area contributed by atoms with Crippen molar-refractivity contribution in [2.24, 2.45) is 0 Å². The van der Waals surface area contributed by atoms with Crippen molar-refractivity contribution >= 4 is 17.7 Å². The van der Waals surface area contributed by atoms with Gasteiger partial charge in [0.1, 0.15) is 0 Å². The van der Waals surface area contributed by atoms with Crippen molar-refractivity contribution < 1.29 is 4.79 Å². The molecule has 2 aromatic rings. The van der Waals surface area contributed by atoms with Crippen LogP contribution in [-0.2, 0) is 11.2 Å². The summed E-state index contributed by atoms with van der Waals surface area (Å²) in [4.78, 5) is 12.0. The maximum atomic E-state index is 12.0. The second kappa shape index (κ2) is 9.42. The quantitative estimate of drug-likeness (QED) is 0.706. The molecule has 1 atom stereocenters. The van der Waals surface area contributed by atoms with E-state index in [0.717, 1.165) is 18.5 Å². The Bertz CT molecular complexity index is 641. The minimum absolute atomic E-state index is 0.00585. The van der Waals surface area contributed by atoms with Gasteiger partial charge in [-0.25, -0.2) is 0 Å². The van der Waals surface area contributed by atoms with Gasteiger partial charge in [0.25, 0.3) is 0 Å². The Morgan fingerprint density at radius 2 is 2.00 bits per heavy atom. The SMILES string of the molecule is CCCCc1ccc(-n2nnnc2SC(C)C(=O)NCCC)cc1. The zero-order valence-electron chi connectivity index (χ0n) is 14.5. The van der Waals surface area contributed by atoms with Crippen molar-refractivity contribution in [3.8, 4) is 5.69 Å². The first-order valence-corrected chi connectivity index (χ1v) is 9.35. The average Bonchev–Trinajstić information content (AvgIpc) is 3.06. The average molecular weight is 347 g/mol. The second-order valence-electron chi connectivity index (χ2n) is 5.69. The van der Waals surface area contributed by atoms with Crippen LogP contribution in [0.25, 0.3) is 5.69 Å². The standard InChI is InChI=1S/C17H25N5OS/c1-4-6-7-14-8-10-15(11-9-14)22-17(19-20-21-22)24-13(3)16(23)18-12-5-2/h8-11,13H,4-7,12H2,1-3H3,(H,18,23). The third-order valence-corrected chi connectivity index (χ3v) is 4.67. The van der Waals surface area contributed by atoms with Crippen LogP contribution in [0.2, 0.25) is 0 Å². The van der Waals surface area contributed by atoms with E-state index in [1.165, 1.54) is 30.2 Å². The van der Waals surface area contributed by atoms with Gasteiger partial charge in [-0.3, -0.25) is 4.79 Å². The van der Waals surface area contributed by atoms with Gasteiger partial charge in [-0.1, -0.05) is 44.2 Å². The summed E-state index contributed by atoms with van der Waals surface area (Å²) >= 11 is 1.36. The van der Waals surface area contributed by atoms with Crippen LogP contribution in [0.1, 0.15) is 45.6 Å². The predicted molar refractivity (Wildman–Crippen MR) is 96.4 cm³/mol. The van der Waals surface area contributed by atoms with Crippen molar-refractivity contribution in [1.82, 2.24) is 25.5 Å². The monoisotopic (exact) mass is 347 g/mol. The van der Waals surface area contributed by atoms with Gasteiger partial charge < -0.3 is 5.32 Å². The van der Waals surface area contributed by atoms with Gasteiger partial charge in [-0.15, -0.1) is 5.10 Å². The number of nitrogens with zero attached hydrogens (tertiary/aromatic N) is 4. The summed E-state index contributed by atoms with van der Waals surface area (Å²) in [6.07, 6.45) is 4.39. The molecule has 1 N–H and O–H groups in total. The van der Waals surface area contributed by atoms with Crippen LogP contribution in [0.15, 0.2) is 29.4 Å². The van der Waals surface area contributed by atoms with Crippen molar-refractivity contribution in [3.05, 3.63) is 29.8 Å². The number of tetrazole rings is 1. The van der Waals surface area contributed by atoms with E-state index in [1.807, 2.05) is 26.0 Å². The lowest BCUT2D eigenvalue weighted by atomic mass is 10.1. The highest BCUT2D eigenvalue weighted by Gasteiger charge is 2.18. The fourth-order valence-electron chi connectivity index (χ4n) is 2.20. The minimum atomic E-state index is -0.245. The molecule has 0 bridgehead atoms. The largest absolute Gasteiger partial charge is 0.355 e. The Labute approximate surface area is 147 Å². The molecule has 7 heteroatoms. The maximum Gasteiger partial charge on any atom is 0.233 e. The predicted octanol–water partition coefficient (Wildman–Crippen LogP) is 3.01. The van der Waals surface area contributed by atoms with Gasteiger partial charge in [0.15, 0.2) is 0 Å². The van der Waals surface area contributed by atoms with Gasteiger partial charge in [0, 0.05) is 6.54 Å². The summed E-state index contributed by atoms with van der Waals surface area (Å²) in [5, 5.41) is 15.1. The molecule has 24 heavy (non-hydrogen) atoms. The van der Waals surface area contributed by atoms with Crippen LogP contribution in [0.5, 0.6) is 0 Å². The Morgan fingerprint density at radius 1 is 1.25 bits per heavy atom. The zero-order valence-corrected chi connectivity index (χ0v) is 15.3. The molecule has 1 amide bonds. The Balaban J connectivity index is 2.05. The van der Waals surface area contributed by atoms with Crippen molar-refractivity contribution in [1.29, 1.82) is 0 Å². The number of aryl methyl sites for hydroxylation is 1. The van der Waals surface area contributed by atoms with E-state index >= 15 is 0 Å². The molecule has 0 aliphatic carbocycles. The van der Waals surface area contributed by atoms with Gasteiger partial charge in [0.05, 0.1) is 10.9 Å². The lowest BCUT2D eigenvalue weighted by Gasteiger charge is -2.11. The number of carbonyl (C=O) groups excluding carboxylic acids is 1. The topological polar surface area (TPSA) is 72.7 Å². The molecular weight excluding hydrogens is 322 g/mol. The summed E-state index contributed by atoms with van der Waals surface area (Å²) in [6, 6.07) is 8.26. The number of amides is 1. The Hall–Kier alpha value is -1.89. The van der Waals surface area contributed by atoms with E-state index in [-0.39, 0.29) is 11.2 Å². The van der Waals surface area contributed by atoms with Crippen molar-refractivity contribution in [2.45, 2.75) is 56.9 Å². The van der Waals surface area contributed by atoms with E-state index in [2.05, 4.69) is 39.9 Å². The molecule has 0 fully saturated rings. The molecule has 6 nitrogen and oxygen atoms in total. The van der Waals surface area contributed by atoms with Gasteiger partial charge in [-0.05, 0) is 54.3 Å². The number of unbranched alkanes of at least 4 members (excludes halogenated alkanes) is 1. The summed E-state index contributed by atoms with van der Waals surface area (Å²) in [6.45, 7) is 6.77. The van der Waals surface area contributed by atoms with Gasteiger partial charge in [-0.2, -0.15) is 4.68 Å². The molecular formula is C17H25N5OS. The van der Waals surface area contributed by atoms with E-state index < -0.39 is 0 Å². The van der Waals surface area contributed by atoms with Crippen LogP contribution in [0.4, 0.5) is 0 Å². The van der Waals surface area contributed by atoms with E-state index in [9.17, 15) is 4.79 Å².